The van der Waals surface area contributed by atoms with Crippen LogP contribution in [0.25, 0.3) is 5.69 Å². The van der Waals surface area contributed by atoms with E-state index in [0.717, 1.165) is 24.3 Å². The summed E-state index contributed by atoms with van der Waals surface area (Å²) in [5.74, 6) is 0. The van der Waals surface area contributed by atoms with Crippen LogP contribution >= 0.6 is 0 Å². The predicted octanol–water partition coefficient (Wildman–Crippen LogP) is 3.55. The van der Waals surface area contributed by atoms with E-state index in [1.807, 2.05) is 11.6 Å². The summed E-state index contributed by atoms with van der Waals surface area (Å²) in [7, 11) is 0. The minimum Gasteiger partial charge on any atom is -0.310 e. The van der Waals surface area contributed by atoms with E-state index >= 15 is 0 Å². The predicted molar refractivity (Wildman–Crippen MR) is 79.7 cm³/mol. The zero-order valence-corrected chi connectivity index (χ0v) is 12.3. The molecule has 0 saturated carbocycles. The first-order valence-electron chi connectivity index (χ1n) is 6.98. The average molecular weight is 257 g/mol. The molecule has 0 aliphatic heterocycles. The molecule has 0 aliphatic rings. The fourth-order valence-corrected chi connectivity index (χ4v) is 2.29. The highest BCUT2D eigenvalue weighted by atomic mass is 15.3. The minimum atomic E-state index is 0.372. The number of hydrogen-bond acceptors (Lipinski definition) is 2. The molecule has 0 amide bonds. The summed E-state index contributed by atoms with van der Waals surface area (Å²) in [6.45, 7) is 9.55. The topological polar surface area (TPSA) is 29.9 Å². The van der Waals surface area contributed by atoms with E-state index < -0.39 is 0 Å². The van der Waals surface area contributed by atoms with E-state index in [4.69, 9.17) is 0 Å². The van der Waals surface area contributed by atoms with Crippen LogP contribution in [0.15, 0.2) is 30.3 Å². The van der Waals surface area contributed by atoms with Gasteiger partial charge in [-0.15, -0.1) is 0 Å². The zero-order chi connectivity index (χ0) is 13.8. The van der Waals surface area contributed by atoms with Crippen molar-refractivity contribution in [3.8, 4) is 5.69 Å². The highest BCUT2D eigenvalue weighted by molar-refractivity contribution is 5.38. The van der Waals surface area contributed by atoms with Crippen LogP contribution in [-0.4, -0.2) is 16.3 Å². The van der Waals surface area contributed by atoms with Gasteiger partial charge in [0.2, 0.25) is 0 Å². The van der Waals surface area contributed by atoms with Crippen LogP contribution in [0.2, 0.25) is 0 Å². The number of aryl methyl sites for hydroxylation is 2. The fourth-order valence-electron chi connectivity index (χ4n) is 2.29. The van der Waals surface area contributed by atoms with Gasteiger partial charge in [-0.2, -0.15) is 5.10 Å². The maximum atomic E-state index is 4.54. The Hall–Kier alpha value is -1.61. The first kappa shape index (κ1) is 13.8. The molecule has 0 spiro atoms. The molecule has 1 N–H and O–H groups in total. The van der Waals surface area contributed by atoms with Gasteiger partial charge in [0.1, 0.15) is 0 Å². The van der Waals surface area contributed by atoms with Crippen molar-refractivity contribution < 1.29 is 0 Å². The van der Waals surface area contributed by atoms with Gasteiger partial charge in [0.15, 0.2) is 0 Å². The highest BCUT2D eigenvalue weighted by Crippen LogP contribution is 2.18. The minimum absolute atomic E-state index is 0.372. The molecular weight excluding hydrogens is 234 g/mol. The molecule has 1 aromatic carbocycles. The summed E-state index contributed by atoms with van der Waals surface area (Å²) >= 11 is 0. The summed E-state index contributed by atoms with van der Waals surface area (Å²) in [6.07, 6.45) is 1.15. The largest absolute Gasteiger partial charge is 0.310 e. The van der Waals surface area contributed by atoms with Gasteiger partial charge in [0.25, 0.3) is 0 Å². The molecule has 1 heterocycles. The van der Waals surface area contributed by atoms with Crippen molar-refractivity contribution in [1.29, 1.82) is 0 Å². The van der Waals surface area contributed by atoms with Gasteiger partial charge >= 0.3 is 0 Å². The molecule has 0 saturated heterocycles. The van der Waals surface area contributed by atoms with Crippen LogP contribution < -0.4 is 5.32 Å². The number of aromatic nitrogens is 2. The molecule has 3 heteroatoms. The summed E-state index contributed by atoms with van der Waals surface area (Å²) in [5, 5.41) is 8.06. The summed E-state index contributed by atoms with van der Waals surface area (Å²) < 4.78 is 2.01. The van der Waals surface area contributed by atoms with Crippen molar-refractivity contribution in [2.24, 2.45) is 0 Å². The van der Waals surface area contributed by atoms with Crippen LogP contribution in [0.4, 0.5) is 0 Å². The van der Waals surface area contributed by atoms with Crippen molar-refractivity contribution in [3.63, 3.8) is 0 Å². The Morgan fingerprint density at radius 3 is 2.68 bits per heavy atom. The van der Waals surface area contributed by atoms with Crippen molar-refractivity contribution in [2.75, 3.05) is 6.54 Å². The van der Waals surface area contributed by atoms with Crippen LogP contribution in [0, 0.1) is 13.8 Å². The second-order valence-corrected chi connectivity index (χ2v) is 5.11. The Morgan fingerprint density at radius 1 is 1.26 bits per heavy atom. The molecule has 0 fully saturated rings. The molecule has 0 radical (unpaired) electrons. The lowest BCUT2D eigenvalue weighted by Crippen LogP contribution is -2.19. The van der Waals surface area contributed by atoms with Gasteiger partial charge in [-0.1, -0.05) is 19.1 Å². The van der Waals surface area contributed by atoms with Crippen LogP contribution in [-0.2, 0) is 0 Å². The summed E-state index contributed by atoms with van der Waals surface area (Å²) in [5.41, 5.74) is 4.66. The van der Waals surface area contributed by atoms with E-state index in [2.05, 4.69) is 61.5 Å². The van der Waals surface area contributed by atoms with Gasteiger partial charge in [-0.05, 0) is 57.5 Å². The Morgan fingerprint density at radius 2 is 2.05 bits per heavy atom. The molecule has 3 nitrogen and oxygen atoms in total. The van der Waals surface area contributed by atoms with Gasteiger partial charge in [-0.3, -0.25) is 0 Å². The molecule has 1 unspecified atom stereocenters. The SMILES string of the molecule is CCCNC(C)c1cccc(-n2nc(C)cc2C)c1. The first-order chi connectivity index (χ1) is 9.11. The lowest BCUT2D eigenvalue weighted by molar-refractivity contribution is 0.570. The third-order valence-corrected chi connectivity index (χ3v) is 3.32. The number of hydrogen-bond donors (Lipinski definition) is 1. The average Bonchev–Trinajstić information content (AvgIpc) is 2.75. The summed E-state index contributed by atoms with van der Waals surface area (Å²) in [6, 6.07) is 11.1. The molecule has 1 atom stereocenters. The third-order valence-electron chi connectivity index (χ3n) is 3.32. The number of nitrogens with zero attached hydrogens (tertiary/aromatic N) is 2. The molecular formula is C16H23N3. The number of benzene rings is 1. The lowest BCUT2D eigenvalue weighted by Gasteiger charge is -2.15. The van der Waals surface area contributed by atoms with Crippen molar-refractivity contribution in [2.45, 2.75) is 40.2 Å². The van der Waals surface area contributed by atoms with Gasteiger partial charge in [0.05, 0.1) is 11.4 Å². The normalized spacial score (nSPS) is 12.6. The molecule has 0 aliphatic carbocycles. The van der Waals surface area contributed by atoms with Gasteiger partial charge in [0, 0.05) is 11.7 Å². The Bertz CT molecular complexity index is 543. The van der Waals surface area contributed by atoms with E-state index in [1.165, 1.54) is 11.3 Å². The van der Waals surface area contributed by atoms with Crippen molar-refractivity contribution in [3.05, 3.63) is 47.3 Å². The maximum Gasteiger partial charge on any atom is 0.0652 e. The Kier molecular flexibility index (Phi) is 4.38. The quantitative estimate of drug-likeness (QED) is 0.887. The Balaban J connectivity index is 2.26. The van der Waals surface area contributed by atoms with Gasteiger partial charge < -0.3 is 5.32 Å². The third kappa shape index (κ3) is 3.24. The van der Waals surface area contributed by atoms with Crippen LogP contribution in [0.5, 0.6) is 0 Å². The molecule has 0 bridgehead atoms. The maximum absolute atomic E-state index is 4.54. The molecule has 19 heavy (non-hydrogen) atoms. The molecule has 1 aromatic heterocycles. The van der Waals surface area contributed by atoms with Crippen LogP contribution in [0.3, 0.4) is 0 Å². The summed E-state index contributed by atoms with van der Waals surface area (Å²) in [4.78, 5) is 0. The van der Waals surface area contributed by atoms with E-state index in [1.54, 1.807) is 0 Å². The monoisotopic (exact) mass is 257 g/mol. The van der Waals surface area contributed by atoms with E-state index in [-0.39, 0.29) is 0 Å². The van der Waals surface area contributed by atoms with E-state index in [9.17, 15) is 0 Å². The number of nitrogens with one attached hydrogen (secondary N) is 1. The molecule has 2 aromatic rings. The second-order valence-electron chi connectivity index (χ2n) is 5.11. The molecule has 2 rings (SSSR count). The highest BCUT2D eigenvalue weighted by Gasteiger charge is 2.08. The second kappa shape index (κ2) is 6.02. The number of rotatable bonds is 5. The zero-order valence-electron chi connectivity index (χ0n) is 12.3. The fraction of sp³-hybridized carbons (Fsp3) is 0.438. The smallest absolute Gasteiger partial charge is 0.0652 e. The Labute approximate surface area is 115 Å². The molecule has 102 valence electrons. The standard InChI is InChI=1S/C16H23N3/c1-5-9-17-14(4)15-7-6-8-16(11-15)19-13(3)10-12(2)18-19/h6-8,10-11,14,17H,5,9H2,1-4H3. The van der Waals surface area contributed by atoms with Gasteiger partial charge in [-0.25, -0.2) is 4.68 Å². The van der Waals surface area contributed by atoms with Crippen molar-refractivity contribution in [1.82, 2.24) is 15.1 Å². The van der Waals surface area contributed by atoms with E-state index in [0.29, 0.717) is 6.04 Å². The first-order valence-corrected chi connectivity index (χ1v) is 6.98. The lowest BCUT2D eigenvalue weighted by atomic mass is 10.1. The van der Waals surface area contributed by atoms with Crippen molar-refractivity contribution >= 4 is 0 Å². The van der Waals surface area contributed by atoms with Crippen LogP contribution in [0.1, 0.15) is 43.3 Å².